The smallest absolute Gasteiger partial charge is 0.488 e. The predicted molar refractivity (Wildman–Crippen MR) is 231 cm³/mol. The van der Waals surface area contributed by atoms with Gasteiger partial charge >= 0.3 is 23.5 Å². The molecule has 0 bridgehead atoms. The molecule has 0 aliphatic carbocycles. The topological polar surface area (TPSA) is 356 Å². The Bertz CT molecular complexity index is 2230. The molecule has 4 rings (SSSR count). The first kappa shape index (κ1) is 53.4. The number of anilines is 1. The molecule has 1 saturated heterocycles. The van der Waals surface area contributed by atoms with Crippen molar-refractivity contribution in [3.8, 4) is 5.75 Å². The standard InChI is InChI=1S/C37H54N7O18P3/c1-3-16-54-25-58-29-19-32(60-30(29)21-59-64(50,51)62-65(52,53)61-63(47,48)49)44-20-27(34-35(39)42-24-43-36(34)44)11-9-15-40-31(45)22-57-33(55-17-4-2)23-56-28-12-8-10-26(18-28)37(46)41-14-7-5-6-13-38/h3-4,8-12,18,20,24,29-30,32-33H,1-2,5-7,13-17,19,21-23,25,38H2,(H,40,45)(H,41,46)(H,50,51)(H,52,53)(H2,39,42,43)(H2,47,48,49)/b11-9+/t29-,30?,32-,33?/m1/s1. The van der Waals surface area contributed by atoms with Crippen molar-refractivity contribution < 1.29 is 84.4 Å². The van der Waals surface area contributed by atoms with Crippen LogP contribution in [0.25, 0.3) is 17.1 Å². The third-order valence-electron chi connectivity index (χ3n) is 8.74. The van der Waals surface area contributed by atoms with Crippen LogP contribution in [-0.4, -0.2) is 124 Å². The molecule has 0 radical (unpaired) electrons. The summed E-state index contributed by atoms with van der Waals surface area (Å²) in [4.78, 5) is 71.0. The van der Waals surface area contributed by atoms with Gasteiger partial charge in [0, 0.05) is 36.8 Å². The molecule has 2 amide bonds. The molecule has 0 spiro atoms. The molecule has 6 atom stereocenters. The largest absolute Gasteiger partial charge is 0.490 e. The van der Waals surface area contributed by atoms with E-state index in [1.807, 2.05) is 0 Å². The highest BCUT2D eigenvalue weighted by Crippen LogP contribution is 2.66. The van der Waals surface area contributed by atoms with Crippen molar-refractivity contribution in [1.29, 1.82) is 0 Å². The lowest BCUT2D eigenvalue weighted by molar-refractivity contribution is -0.162. The Hall–Kier alpha value is -4.23. The van der Waals surface area contributed by atoms with Crippen LogP contribution < -0.4 is 26.8 Å². The van der Waals surface area contributed by atoms with Gasteiger partial charge in [0.25, 0.3) is 5.91 Å². The van der Waals surface area contributed by atoms with Gasteiger partial charge in [0.15, 0.2) is 6.29 Å². The van der Waals surface area contributed by atoms with Crippen molar-refractivity contribution in [1.82, 2.24) is 25.2 Å². The van der Waals surface area contributed by atoms with Gasteiger partial charge in [0.05, 0.1) is 31.3 Å². The second kappa shape index (κ2) is 26.2. The van der Waals surface area contributed by atoms with E-state index in [9.17, 15) is 33.1 Å². The normalized spacial score (nSPS) is 18.8. The van der Waals surface area contributed by atoms with E-state index in [2.05, 4.69) is 42.4 Å². The maximum absolute atomic E-state index is 12.8. The Morgan fingerprint density at radius 3 is 2.54 bits per heavy atom. The number of carbonyl (C=O) groups is 2. The van der Waals surface area contributed by atoms with Crippen molar-refractivity contribution in [3.63, 3.8) is 0 Å². The fourth-order valence-electron chi connectivity index (χ4n) is 5.96. The third-order valence-corrected chi connectivity index (χ3v) is 12.5. The van der Waals surface area contributed by atoms with Gasteiger partial charge in [-0.3, -0.25) is 14.1 Å². The zero-order valence-electron chi connectivity index (χ0n) is 35.0. The zero-order valence-corrected chi connectivity index (χ0v) is 37.7. The molecule has 1 aliphatic rings. The second-order valence-corrected chi connectivity index (χ2v) is 18.1. The van der Waals surface area contributed by atoms with Gasteiger partial charge in [-0.2, -0.15) is 8.62 Å². The highest BCUT2D eigenvalue weighted by molar-refractivity contribution is 7.66. The van der Waals surface area contributed by atoms with Gasteiger partial charge in [-0.1, -0.05) is 36.8 Å². The van der Waals surface area contributed by atoms with Gasteiger partial charge in [0.1, 0.15) is 55.9 Å². The number of hydrogen-bond acceptors (Lipinski definition) is 18. The van der Waals surface area contributed by atoms with Gasteiger partial charge in [-0.05, 0) is 37.6 Å². The monoisotopic (exact) mass is 977 g/mol. The van der Waals surface area contributed by atoms with E-state index in [1.54, 1.807) is 47.2 Å². The van der Waals surface area contributed by atoms with Crippen LogP contribution in [0, 0.1) is 0 Å². The number of fused-ring (bicyclic) bond motifs is 1. The van der Waals surface area contributed by atoms with Crippen molar-refractivity contribution in [2.45, 2.75) is 50.4 Å². The number of nitrogen functional groups attached to an aromatic ring is 1. The Morgan fingerprint density at radius 2 is 1.80 bits per heavy atom. The molecule has 3 aromatic rings. The first-order valence-corrected chi connectivity index (χ1v) is 24.3. The number of nitrogens with zero attached hydrogens (tertiary/aromatic N) is 3. The molecular formula is C37H54N7O18P3. The number of amides is 2. The first-order chi connectivity index (χ1) is 30.9. The van der Waals surface area contributed by atoms with E-state index in [-0.39, 0.29) is 51.3 Å². The van der Waals surface area contributed by atoms with Crippen LogP contribution in [0.2, 0.25) is 0 Å². The Labute approximate surface area is 373 Å². The minimum absolute atomic E-state index is 0.0439. The quantitative estimate of drug-likeness (QED) is 0.0199. The molecule has 4 unspecified atom stereocenters. The number of aromatic nitrogens is 3. The number of phosphoric acid groups is 3. The number of nitrogens with one attached hydrogen (secondary N) is 2. The highest BCUT2D eigenvalue weighted by Gasteiger charge is 2.44. The van der Waals surface area contributed by atoms with Gasteiger partial charge in [0.2, 0.25) is 5.91 Å². The summed E-state index contributed by atoms with van der Waals surface area (Å²) in [7, 11) is -16.9. The number of nitrogens with two attached hydrogens (primary N) is 2. The van der Waals surface area contributed by atoms with Gasteiger partial charge in [-0.15, -0.1) is 13.2 Å². The second-order valence-electron chi connectivity index (χ2n) is 13.7. The first-order valence-electron chi connectivity index (χ1n) is 19.8. The summed E-state index contributed by atoms with van der Waals surface area (Å²) in [5.74, 6) is -0.226. The van der Waals surface area contributed by atoms with Crippen molar-refractivity contribution in [3.05, 3.63) is 79.3 Å². The number of hydrogen-bond donors (Lipinski definition) is 8. The lowest BCUT2D eigenvalue weighted by Gasteiger charge is -2.21. The summed E-state index contributed by atoms with van der Waals surface area (Å²) in [6.45, 7) is 7.03. The van der Waals surface area contributed by atoms with Crippen LogP contribution in [0.5, 0.6) is 5.75 Å². The van der Waals surface area contributed by atoms with E-state index in [1.165, 1.54) is 18.5 Å². The van der Waals surface area contributed by atoms with Crippen LogP contribution in [0.1, 0.15) is 47.8 Å². The third kappa shape index (κ3) is 18.5. The molecule has 1 fully saturated rings. The van der Waals surface area contributed by atoms with Crippen LogP contribution in [-0.2, 0) is 55.3 Å². The fraction of sp³-hybridized carbons (Fsp3) is 0.459. The molecule has 65 heavy (non-hydrogen) atoms. The fourth-order valence-corrected chi connectivity index (χ4v) is 8.99. The van der Waals surface area contributed by atoms with Crippen molar-refractivity contribution in [2.75, 3.05) is 65.2 Å². The van der Waals surface area contributed by atoms with E-state index in [4.69, 9.17) is 54.2 Å². The number of phosphoric ester groups is 1. The molecule has 2 aromatic heterocycles. The summed E-state index contributed by atoms with van der Waals surface area (Å²) in [6.07, 6.45) is 7.89. The number of unbranched alkanes of at least 4 members (excludes halogenated alkanes) is 2. The van der Waals surface area contributed by atoms with E-state index in [0.29, 0.717) is 41.0 Å². The molecule has 28 heteroatoms. The SMILES string of the molecule is C=CCOCO[C@@H]1C[C@H](n2cc(/C=C/CNC(=O)COC(COc3cccc(C(=O)NCCCCCN)c3)OCC=C)c3c(N)ncnc32)OC1COP(=O)(O)OP(=O)(O)OP(=O)(O)O. The Balaban J connectivity index is 1.36. The molecule has 1 aromatic carbocycles. The molecular weight excluding hydrogens is 923 g/mol. The Kier molecular flexibility index (Phi) is 21.5. The lowest BCUT2D eigenvalue weighted by atomic mass is 10.2. The Morgan fingerprint density at radius 1 is 1.02 bits per heavy atom. The van der Waals surface area contributed by atoms with Crippen LogP contribution in [0.3, 0.4) is 0 Å². The van der Waals surface area contributed by atoms with Crippen molar-refractivity contribution >= 4 is 58.2 Å². The average molecular weight is 978 g/mol. The number of rotatable bonds is 31. The summed E-state index contributed by atoms with van der Waals surface area (Å²) in [6, 6.07) is 6.61. The summed E-state index contributed by atoms with van der Waals surface area (Å²) >= 11 is 0. The van der Waals surface area contributed by atoms with E-state index in [0.717, 1.165) is 19.3 Å². The molecule has 0 saturated carbocycles. The summed E-state index contributed by atoms with van der Waals surface area (Å²) < 4.78 is 83.6. The van der Waals surface area contributed by atoms with E-state index < -0.39 is 67.3 Å². The minimum atomic E-state index is -5.77. The maximum Gasteiger partial charge on any atom is 0.490 e. The average Bonchev–Trinajstić information content (AvgIpc) is 3.83. The number of carbonyl (C=O) groups excluding carboxylic acids is 2. The molecule has 10 N–H and O–H groups in total. The van der Waals surface area contributed by atoms with Crippen LogP contribution in [0.4, 0.5) is 5.82 Å². The predicted octanol–water partition coefficient (Wildman–Crippen LogP) is 2.80. The highest BCUT2D eigenvalue weighted by atomic mass is 31.3. The molecule has 3 heterocycles. The van der Waals surface area contributed by atoms with Crippen LogP contribution >= 0.6 is 23.5 Å². The van der Waals surface area contributed by atoms with E-state index >= 15 is 0 Å². The molecule has 360 valence electrons. The molecule has 1 aliphatic heterocycles. The zero-order chi connectivity index (χ0) is 47.5. The van der Waals surface area contributed by atoms with Gasteiger partial charge in [-0.25, -0.2) is 23.7 Å². The number of ether oxygens (including phenoxy) is 6. The minimum Gasteiger partial charge on any atom is -0.488 e. The summed E-state index contributed by atoms with van der Waals surface area (Å²) in [5.41, 5.74) is 13.0. The van der Waals surface area contributed by atoms with Crippen molar-refractivity contribution in [2.24, 2.45) is 5.73 Å². The maximum atomic E-state index is 12.8. The summed E-state index contributed by atoms with van der Waals surface area (Å²) in [5, 5.41) is 5.99. The van der Waals surface area contributed by atoms with Crippen LogP contribution in [0.15, 0.2) is 68.2 Å². The van der Waals surface area contributed by atoms with Gasteiger partial charge < -0.3 is 74.7 Å². The number of benzene rings is 1. The lowest BCUT2D eigenvalue weighted by Crippen LogP contribution is -2.33. The molecule has 25 nitrogen and oxygen atoms in total.